The summed E-state index contributed by atoms with van der Waals surface area (Å²) in [4.78, 5) is 11.7. The van der Waals surface area contributed by atoms with Gasteiger partial charge in [0, 0.05) is 42.8 Å². The van der Waals surface area contributed by atoms with E-state index in [1.165, 1.54) is 6.92 Å². The normalized spacial score (nSPS) is 31.8. The standard InChI is InChI=1S/C26H38N2O9/c1-7-33-26(32)34-13-20-21(29)22(30)23(31)25(36-20)37-24-19(16(6)28(27-24)14(2)3)12-17-8-10-18(11-9-17)35-15(4)5/h8-11,14-15,20-23,25,29-31H,7,12-13H2,1-6H3/t20-,21-,22+,23-,25+/m1/s1/i2D3,3D3,4D3,5D3,12D2,14D. The molecule has 0 amide bonds. The fraction of sp³-hybridized carbons (Fsp3) is 0.615. The second kappa shape index (κ2) is 12.6. The zero-order valence-electron chi connectivity index (χ0n) is 34.9. The highest BCUT2D eigenvalue weighted by atomic mass is 16.7. The van der Waals surface area contributed by atoms with Gasteiger partial charge in [0.2, 0.25) is 12.2 Å². The third-order valence-corrected chi connectivity index (χ3v) is 5.20. The second-order valence-corrected chi connectivity index (χ2v) is 7.80. The van der Waals surface area contributed by atoms with Crippen molar-refractivity contribution in [3.8, 4) is 11.6 Å². The Morgan fingerprint density at radius 3 is 2.54 bits per heavy atom. The number of rotatable bonds is 10. The van der Waals surface area contributed by atoms with Crippen molar-refractivity contribution in [3.05, 3.63) is 41.1 Å². The van der Waals surface area contributed by atoms with Crippen LogP contribution in [-0.4, -0.2) is 81.3 Å². The Kier molecular flexibility index (Phi) is 4.88. The lowest BCUT2D eigenvalue weighted by Gasteiger charge is -2.39. The van der Waals surface area contributed by atoms with E-state index in [0.717, 1.165) is 31.2 Å². The zero-order valence-corrected chi connectivity index (χ0v) is 19.9. The molecular weight excluding hydrogens is 484 g/mol. The van der Waals surface area contributed by atoms with Crippen molar-refractivity contribution in [2.24, 2.45) is 0 Å². The van der Waals surface area contributed by atoms with Crippen LogP contribution in [0.5, 0.6) is 11.6 Å². The molecule has 11 nitrogen and oxygen atoms in total. The summed E-state index contributed by atoms with van der Waals surface area (Å²) in [6.45, 7) is -11.7. The molecule has 1 aliphatic rings. The third kappa shape index (κ3) is 7.13. The van der Waals surface area contributed by atoms with Crippen molar-refractivity contribution in [2.75, 3.05) is 13.2 Å². The molecule has 0 radical (unpaired) electrons. The molecule has 3 N–H and O–H groups in total. The molecule has 1 aliphatic heterocycles. The van der Waals surface area contributed by atoms with Gasteiger partial charge < -0.3 is 39.0 Å². The highest BCUT2D eigenvalue weighted by molar-refractivity contribution is 5.59. The van der Waals surface area contributed by atoms with Crippen molar-refractivity contribution in [2.45, 2.75) is 90.5 Å². The highest BCUT2D eigenvalue weighted by Gasteiger charge is 2.46. The number of aliphatic hydroxyl groups excluding tert-OH is 3. The summed E-state index contributed by atoms with van der Waals surface area (Å²) in [7, 11) is 0. The number of ether oxygens (including phenoxy) is 5. The number of carbonyl (C=O) groups excluding carboxylic acids is 1. The SMILES string of the molecule is [2H]C([2H])(c1ccc(OC(C([2H])([2H])[2H])C([2H])([2H])[2H])cc1)c1c(O[C@@H]2O[C@H](COC(=O)OCC)[C@@H](O)[C@H](O)[C@H]2O)nn(C([2H])(C([2H])([2H])[2H])C([2H])([2H])[2H])c1C. The molecular formula is C26H38N2O9. The monoisotopic (exact) mass is 537 g/mol. The number of nitrogens with zero attached hydrogens (tertiary/aromatic N) is 2. The fourth-order valence-corrected chi connectivity index (χ4v) is 3.39. The lowest BCUT2D eigenvalue weighted by Crippen LogP contribution is -2.60. The number of aromatic nitrogens is 2. The third-order valence-electron chi connectivity index (χ3n) is 5.20. The molecule has 1 fully saturated rings. The molecule has 5 atom stereocenters. The molecule has 1 aromatic carbocycles. The summed E-state index contributed by atoms with van der Waals surface area (Å²) in [5, 5.41) is 35.6. The first-order chi connectivity index (χ1) is 23.5. The number of aliphatic hydroxyl groups is 3. The van der Waals surface area contributed by atoms with Gasteiger partial charge >= 0.3 is 6.16 Å². The van der Waals surface area contributed by atoms with Gasteiger partial charge in [0.25, 0.3) is 0 Å². The van der Waals surface area contributed by atoms with Gasteiger partial charge in [0.05, 0.1) is 14.1 Å². The molecule has 1 aromatic heterocycles. The van der Waals surface area contributed by atoms with Crippen LogP contribution in [0.1, 0.15) is 77.7 Å². The van der Waals surface area contributed by atoms with Crippen LogP contribution in [0, 0.1) is 6.92 Å². The fourth-order valence-electron chi connectivity index (χ4n) is 3.39. The molecule has 11 heteroatoms. The van der Waals surface area contributed by atoms with E-state index in [9.17, 15) is 20.1 Å². The van der Waals surface area contributed by atoms with Gasteiger partial charge in [0.1, 0.15) is 36.8 Å². The van der Waals surface area contributed by atoms with Crippen molar-refractivity contribution in [3.63, 3.8) is 0 Å². The van der Waals surface area contributed by atoms with Crippen molar-refractivity contribution < 1.29 is 64.4 Å². The summed E-state index contributed by atoms with van der Waals surface area (Å²) in [6.07, 6.45) is -16.0. The van der Waals surface area contributed by atoms with E-state index in [1.54, 1.807) is 0 Å². The first-order valence-electron chi connectivity index (χ1n) is 18.5. The Bertz CT molecular complexity index is 1510. The molecule has 0 bridgehead atoms. The Labute approximate surface area is 237 Å². The minimum Gasteiger partial charge on any atom is -0.491 e. The highest BCUT2D eigenvalue weighted by Crippen LogP contribution is 2.31. The van der Waals surface area contributed by atoms with Gasteiger partial charge in [-0.3, -0.25) is 4.68 Å². The van der Waals surface area contributed by atoms with E-state index in [-0.39, 0.29) is 22.6 Å². The van der Waals surface area contributed by atoms with Gasteiger partial charge in [0.15, 0.2) is 0 Å². The van der Waals surface area contributed by atoms with Crippen LogP contribution in [0.15, 0.2) is 24.3 Å². The lowest BCUT2D eigenvalue weighted by molar-refractivity contribution is -0.278. The molecule has 0 saturated carbocycles. The smallest absolute Gasteiger partial charge is 0.491 e. The molecule has 0 aliphatic carbocycles. The quantitative estimate of drug-likeness (QED) is 0.387. The van der Waals surface area contributed by atoms with E-state index < -0.39 is 107 Å². The average molecular weight is 538 g/mol. The van der Waals surface area contributed by atoms with Crippen LogP contribution in [-0.2, 0) is 20.6 Å². The maximum Gasteiger partial charge on any atom is 0.508 e. The van der Waals surface area contributed by atoms with Crippen molar-refractivity contribution in [1.82, 2.24) is 9.78 Å². The number of hydrogen-bond donors (Lipinski definition) is 3. The maximum absolute atomic E-state index is 11.7. The summed E-state index contributed by atoms with van der Waals surface area (Å²) < 4.78 is 146. The van der Waals surface area contributed by atoms with Crippen molar-refractivity contribution >= 4 is 6.16 Å². The molecule has 1 saturated heterocycles. The van der Waals surface area contributed by atoms with Crippen LogP contribution in [0.2, 0.25) is 0 Å². The van der Waals surface area contributed by atoms with E-state index >= 15 is 0 Å². The van der Waals surface area contributed by atoms with Crippen LogP contribution < -0.4 is 9.47 Å². The molecule has 37 heavy (non-hydrogen) atoms. The van der Waals surface area contributed by atoms with Gasteiger partial charge in [-0.1, -0.05) is 12.1 Å². The van der Waals surface area contributed by atoms with Gasteiger partial charge in [-0.05, 0) is 59.0 Å². The Balaban J connectivity index is 2.17. The van der Waals surface area contributed by atoms with E-state index in [4.69, 9.17) is 39.5 Å². The van der Waals surface area contributed by atoms with Gasteiger partial charge in [-0.25, -0.2) is 4.79 Å². The van der Waals surface area contributed by atoms with Crippen LogP contribution in [0.3, 0.4) is 0 Å². The van der Waals surface area contributed by atoms with E-state index in [1.807, 2.05) is 0 Å². The second-order valence-electron chi connectivity index (χ2n) is 7.80. The molecule has 3 rings (SSSR count). The average Bonchev–Trinajstić information content (AvgIpc) is 3.33. The van der Waals surface area contributed by atoms with Gasteiger partial charge in [-0.15, -0.1) is 5.10 Å². The molecule has 0 spiro atoms. The van der Waals surface area contributed by atoms with Crippen LogP contribution in [0.4, 0.5) is 4.79 Å². The number of carbonyl (C=O) groups is 1. The lowest BCUT2D eigenvalue weighted by atomic mass is 9.99. The molecule has 0 unspecified atom stereocenters. The summed E-state index contributed by atoms with van der Waals surface area (Å²) >= 11 is 0. The molecule has 206 valence electrons. The molecule has 2 heterocycles. The zero-order chi connectivity index (χ0) is 40.0. The minimum atomic E-state index is -3.63. The van der Waals surface area contributed by atoms with Gasteiger partial charge in [-0.2, -0.15) is 0 Å². The first kappa shape index (κ1) is 14.3. The van der Waals surface area contributed by atoms with E-state index in [0.29, 0.717) is 0 Å². The van der Waals surface area contributed by atoms with E-state index in [2.05, 4.69) is 9.84 Å². The van der Waals surface area contributed by atoms with Crippen LogP contribution >= 0.6 is 0 Å². The predicted octanol–water partition coefficient (Wildman–Crippen LogP) is 2.51. The summed E-state index contributed by atoms with van der Waals surface area (Å²) in [5.74, 6) is -1.23. The Morgan fingerprint density at radius 2 is 1.89 bits per heavy atom. The minimum absolute atomic E-state index is 0.0719. The van der Waals surface area contributed by atoms with Crippen molar-refractivity contribution in [1.29, 1.82) is 0 Å². The topological polar surface area (TPSA) is 142 Å². The number of benzene rings is 1. The maximum atomic E-state index is 11.7. The Hall–Kier alpha value is -2.86. The first-order valence-corrected chi connectivity index (χ1v) is 11.0. The summed E-state index contributed by atoms with van der Waals surface area (Å²) in [5.41, 5.74) is -1.59. The Morgan fingerprint density at radius 1 is 1.16 bits per heavy atom. The van der Waals surface area contributed by atoms with Crippen LogP contribution in [0.25, 0.3) is 0 Å². The molecule has 2 aromatic rings. The predicted molar refractivity (Wildman–Crippen MR) is 133 cm³/mol. The summed E-state index contributed by atoms with van der Waals surface area (Å²) in [6, 6.07) is 0.602. The number of hydrogen-bond acceptors (Lipinski definition) is 10. The largest absolute Gasteiger partial charge is 0.508 e.